The van der Waals surface area contributed by atoms with E-state index in [1.165, 1.54) is 11.1 Å². The second-order valence-electron chi connectivity index (χ2n) is 14.8. The number of hydrogen-bond donors (Lipinski definition) is 0. The summed E-state index contributed by atoms with van der Waals surface area (Å²) in [5.41, 5.74) is 14.5. The zero-order valence-electron chi connectivity index (χ0n) is 30.3. The van der Waals surface area contributed by atoms with Crippen molar-refractivity contribution in [3.05, 3.63) is 210 Å². The average Bonchev–Trinajstić information content (AvgIpc) is 3.24. The highest BCUT2D eigenvalue weighted by Crippen LogP contribution is 2.48. The van der Waals surface area contributed by atoms with E-state index in [-0.39, 0.29) is 11.0 Å². The van der Waals surface area contributed by atoms with Gasteiger partial charge < -0.3 is 0 Å². The summed E-state index contributed by atoms with van der Waals surface area (Å²) >= 11 is 0. The molecule has 0 aliphatic carbocycles. The molecule has 0 fully saturated rings. The second-order valence-corrected chi connectivity index (χ2v) is 14.8. The van der Waals surface area contributed by atoms with Crippen LogP contribution in [0.15, 0.2) is 193 Å². The Kier molecular flexibility index (Phi) is 7.35. The molecule has 256 valence electrons. The third-order valence-corrected chi connectivity index (χ3v) is 11.4. The van der Waals surface area contributed by atoms with Gasteiger partial charge in [0.05, 0.1) is 16.6 Å². The summed E-state index contributed by atoms with van der Waals surface area (Å²) in [5.74, 6) is 0. The predicted molar refractivity (Wildman–Crippen MR) is 226 cm³/mol. The number of rotatable bonds is 3. The molecule has 1 aliphatic heterocycles. The van der Waals surface area contributed by atoms with Crippen molar-refractivity contribution >= 4 is 21.7 Å². The number of hydrogen-bond acceptors (Lipinski definition) is 1. The van der Waals surface area contributed by atoms with Crippen LogP contribution in [-0.2, 0) is 5.41 Å². The van der Waals surface area contributed by atoms with E-state index in [0.29, 0.717) is 5.39 Å². The van der Waals surface area contributed by atoms with Crippen LogP contribution in [0.3, 0.4) is 0 Å². The normalized spacial score (nSPS) is 12.9. The molecule has 2 heterocycles. The van der Waals surface area contributed by atoms with Crippen LogP contribution in [-0.4, -0.2) is 4.57 Å². The molecule has 2 heteroatoms. The smallest absolute Gasteiger partial charge is 0.264 e. The van der Waals surface area contributed by atoms with Gasteiger partial charge in [0.1, 0.15) is 0 Å². The number of fused-ring (bicyclic) bond motifs is 8. The van der Waals surface area contributed by atoms with Crippen LogP contribution >= 0.6 is 0 Å². The first-order chi connectivity index (χ1) is 26.5. The lowest BCUT2D eigenvalue weighted by molar-refractivity contribution is 0.644. The first-order valence-electron chi connectivity index (χ1n) is 18.6. The Morgan fingerprint density at radius 3 is 1.56 bits per heavy atom. The van der Waals surface area contributed by atoms with Gasteiger partial charge in [-0.25, -0.2) is 0 Å². The van der Waals surface area contributed by atoms with Crippen LogP contribution in [0.5, 0.6) is 0 Å². The molecule has 0 atom stereocenters. The van der Waals surface area contributed by atoms with Gasteiger partial charge in [0.25, 0.3) is 5.56 Å². The summed E-state index contributed by atoms with van der Waals surface area (Å²) in [6.07, 6.45) is 0. The lowest BCUT2D eigenvalue weighted by atomic mass is 9.71. The van der Waals surface area contributed by atoms with Crippen LogP contribution in [0.25, 0.3) is 83.0 Å². The maximum Gasteiger partial charge on any atom is 0.264 e. The van der Waals surface area contributed by atoms with Gasteiger partial charge in [-0.1, -0.05) is 178 Å². The minimum atomic E-state index is -0.387. The fraction of sp³-hybridized carbons (Fsp3) is 0.0577. The standard InChI is InChI=1S/C52H37NO/c1-52(2)46-27-14-12-23-40(46)43-31-37(34-17-6-3-7-18-34)29-30-48(43)53-50-44(41-24-13-15-28-47(41)52)32-38(35-19-8-4-9-20-35)33-45(50)42-26-16-25-39(49(42)51(53)54)36-21-10-5-11-22-36/h3-33H,1-2H3. The van der Waals surface area contributed by atoms with Gasteiger partial charge >= 0.3 is 0 Å². The summed E-state index contributed by atoms with van der Waals surface area (Å²) in [4.78, 5) is 15.8. The quantitative estimate of drug-likeness (QED) is 0.169. The highest BCUT2D eigenvalue weighted by atomic mass is 16.1. The topological polar surface area (TPSA) is 22.0 Å². The van der Waals surface area contributed by atoms with Crippen molar-refractivity contribution in [2.24, 2.45) is 0 Å². The first kappa shape index (κ1) is 31.9. The minimum Gasteiger partial charge on any atom is -0.275 e. The van der Waals surface area contributed by atoms with E-state index in [1.807, 2.05) is 22.8 Å². The molecule has 10 rings (SSSR count). The van der Waals surface area contributed by atoms with Crippen molar-refractivity contribution in [1.82, 2.24) is 4.57 Å². The molecule has 0 unspecified atom stereocenters. The number of aromatic nitrogens is 1. The summed E-state index contributed by atoms with van der Waals surface area (Å²) in [7, 11) is 0. The molecule has 1 aliphatic rings. The molecule has 0 saturated heterocycles. The van der Waals surface area contributed by atoms with Crippen molar-refractivity contribution in [3.63, 3.8) is 0 Å². The molecule has 54 heavy (non-hydrogen) atoms. The fourth-order valence-corrected chi connectivity index (χ4v) is 8.82. The molecular weight excluding hydrogens is 655 g/mol. The van der Waals surface area contributed by atoms with Gasteiger partial charge in [-0.05, 0) is 85.3 Å². The Balaban J connectivity index is 1.48. The number of benzene rings is 8. The molecule has 9 aromatic rings. The Hall–Kier alpha value is -6.77. The molecule has 1 aromatic heterocycles. The monoisotopic (exact) mass is 691 g/mol. The van der Waals surface area contributed by atoms with E-state index in [9.17, 15) is 0 Å². The number of nitrogens with zero attached hydrogens (tertiary/aromatic N) is 1. The molecule has 0 N–H and O–H groups in total. The maximum atomic E-state index is 15.8. The van der Waals surface area contributed by atoms with Crippen molar-refractivity contribution < 1.29 is 0 Å². The van der Waals surface area contributed by atoms with Crippen LogP contribution in [0, 0.1) is 0 Å². The largest absolute Gasteiger partial charge is 0.275 e. The van der Waals surface area contributed by atoms with Gasteiger partial charge in [0.2, 0.25) is 0 Å². The average molecular weight is 692 g/mol. The summed E-state index contributed by atoms with van der Waals surface area (Å²) in [6, 6.07) is 66.5. The minimum absolute atomic E-state index is 0.0332. The maximum absolute atomic E-state index is 15.8. The zero-order chi connectivity index (χ0) is 36.4. The van der Waals surface area contributed by atoms with Crippen molar-refractivity contribution in [3.8, 4) is 61.3 Å². The Morgan fingerprint density at radius 1 is 0.389 bits per heavy atom. The Bertz CT molecular complexity index is 2960. The van der Waals surface area contributed by atoms with Crippen molar-refractivity contribution in [1.29, 1.82) is 0 Å². The van der Waals surface area contributed by atoms with Gasteiger partial charge in [-0.3, -0.25) is 9.36 Å². The van der Waals surface area contributed by atoms with Crippen LogP contribution in [0.1, 0.15) is 25.0 Å². The first-order valence-corrected chi connectivity index (χ1v) is 18.6. The van der Waals surface area contributed by atoms with Crippen molar-refractivity contribution in [2.45, 2.75) is 19.3 Å². The van der Waals surface area contributed by atoms with Crippen LogP contribution < -0.4 is 5.56 Å². The lowest BCUT2D eigenvalue weighted by Gasteiger charge is -2.33. The third-order valence-electron chi connectivity index (χ3n) is 11.4. The van der Waals surface area contributed by atoms with Crippen molar-refractivity contribution in [2.75, 3.05) is 0 Å². The predicted octanol–water partition coefficient (Wildman–Crippen LogP) is 13.1. The van der Waals surface area contributed by atoms with E-state index < -0.39 is 0 Å². The Labute approximate surface area is 315 Å². The SMILES string of the molecule is CC1(C)c2ccccc2-c2cc(-c3ccccc3)ccc2-n2c(=O)c3c(-c4ccccc4)cccc3c3cc(-c4ccccc4)cc(c32)-c2ccccc21. The van der Waals surface area contributed by atoms with E-state index in [4.69, 9.17) is 0 Å². The van der Waals surface area contributed by atoms with Gasteiger partial charge in [0, 0.05) is 21.9 Å². The van der Waals surface area contributed by atoms with Gasteiger partial charge in [0.15, 0.2) is 0 Å². The third kappa shape index (κ3) is 4.91. The molecule has 0 spiro atoms. The number of pyridine rings is 1. The summed E-state index contributed by atoms with van der Waals surface area (Å²) < 4.78 is 2.03. The van der Waals surface area contributed by atoms with Gasteiger partial charge in [-0.15, -0.1) is 0 Å². The van der Waals surface area contributed by atoms with E-state index in [0.717, 1.165) is 77.6 Å². The molecule has 0 bridgehead atoms. The lowest BCUT2D eigenvalue weighted by Crippen LogP contribution is -2.25. The molecule has 0 saturated carbocycles. The highest BCUT2D eigenvalue weighted by Gasteiger charge is 2.32. The zero-order valence-corrected chi connectivity index (χ0v) is 30.3. The van der Waals surface area contributed by atoms with E-state index in [1.54, 1.807) is 0 Å². The summed E-state index contributed by atoms with van der Waals surface area (Å²) in [5, 5.41) is 2.70. The molecule has 0 amide bonds. The van der Waals surface area contributed by atoms with Gasteiger partial charge in [-0.2, -0.15) is 0 Å². The molecule has 8 aromatic carbocycles. The van der Waals surface area contributed by atoms with E-state index >= 15 is 4.79 Å². The fourth-order valence-electron chi connectivity index (χ4n) is 8.82. The summed E-state index contributed by atoms with van der Waals surface area (Å²) in [6.45, 7) is 4.68. The van der Waals surface area contributed by atoms with Crippen LogP contribution in [0.4, 0.5) is 0 Å². The van der Waals surface area contributed by atoms with E-state index in [2.05, 4.69) is 184 Å². The molecule has 2 nitrogen and oxygen atoms in total. The highest BCUT2D eigenvalue weighted by molar-refractivity contribution is 6.16. The second kappa shape index (κ2) is 12.4. The molecular formula is C52H37NO. The molecule has 0 radical (unpaired) electrons. The Morgan fingerprint density at radius 2 is 0.907 bits per heavy atom. The van der Waals surface area contributed by atoms with Crippen LogP contribution in [0.2, 0.25) is 0 Å².